The maximum Gasteiger partial charge on any atom is 0.233 e. The van der Waals surface area contributed by atoms with Crippen molar-refractivity contribution < 1.29 is 14.3 Å². The van der Waals surface area contributed by atoms with Crippen LogP contribution in [-0.2, 0) is 14.3 Å². The van der Waals surface area contributed by atoms with Crippen molar-refractivity contribution in [2.75, 3.05) is 46.4 Å². The molecule has 1 aliphatic rings. The van der Waals surface area contributed by atoms with Gasteiger partial charge in [-0.25, -0.2) is 0 Å². The first-order valence-corrected chi connectivity index (χ1v) is 7.48. The van der Waals surface area contributed by atoms with E-state index in [1.54, 1.807) is 7.11 Å². The molecule has 6 nitrogen and oxygen atoms in total. The van der Waals surface area contributed by atoms with Crippen LogP contribution < -0.4 is 10.6 Å². The van der Waals surface area contributed by atoms with Gasteiger partial charge < -0.3 is 20.3 Å². The fourth-order valence-electron chi connectivity index (χ4n) is 2.21. The molecule has 0 radical (unpaired) electrons. The molecule has 0 aromatic heterocycles. The van der Waals surface area contributed by atoms with Crippen molar-refractivity contribution in [3.05, 3.63) is 0 Å². The summed E-state index contributed by atoms with van der Waals surface area (Å²) in [5, 5.41) is 5.84. The molecule has 0 bridgehead atoms. The average Bonchev–Trinajstić information content (AvgIpc) is 2.65. The van der Waals surface area contributed by atoms with Gasteiger partial charge in [-0.2, -0.15) is 0 Å². The average molecular weight is 322 g/mol. The molecule has 7 heteroatoms. The quantitative estimate of drug-likeness (QED) is 0.609. The third-order valence-corrected chi connectivity index (χ3v) is 3.37. The van der Waals surface area contributed by atoms with Crippen LogP contribution >= 0.6 is 12.4 Å². The van der Waals surface area contributed by atoms with E-state index in [9.17, 15) is 9.59 Å². The predicted molar refractivity (Wildman–Crippen MR) is 84.7 cm³/mol. The highest BCUT2D eigenvalue weighted by atomic mass is 35.5. The van der Waals surface area contributed by atoms with E-state index in [4.69, 9.17) is 4.74 Å². The summed E-state index contributed by atoms with van der Waals surface area (Å²) in [5.74, 6) is 0.248. The normalized spacial score (nSPS) is 15.3. The lowest BCUT2D eigenvalue weighted by atomic mass is 10.2. The minimum atomic E-state index is -0.0108. The number of hydrogen-bond acceptors (Lipinski definition) is 4. The van der Waals surface area contributed by atoms with Crippen LogP contribution in [0, 0.1) is 0 Å². The first-order chi connectivity index (χ1) is 9.74. The van der Waals surface area contributed by atoms with Crippen molar-refractivity contribution in [3.63, 3.8) is 0 Å². The van der Waals surface area contributed by atoms with E-state index >= 15 is 0 Å². The molecule has 1 heterocycles. The summed E-state index contributed by atoms with van der Waals surface area (Å²) in [6, 6.07) is 0. The van der Waals surface area contributed by atoms with Gasteiger partial charge >= 0.3 is 0 Å². The number of methoxy groups -OCH3 is 1. The number of hydrogen-bond donors (Lipinski definition) is 2. The number of halogens is 1. The third kappa shape index (κ3) is 9.66. The zero-order valence-electron chi connectivity index (χ0n) is 12.9. The summed E-state index contributed by atoms with van der Waals surface area (Å²) < 4.78 is 4.88. The van der Waals surface area contributed by atoms with E-state index in [2.05, 4.69) is 10.6 Å². The molecule has 21 heavy (non-hydrogen) atoms. The lowest BCUT2D eigenvalue weighted by Gasteiger charge is -2.20. The number of rotatable bonds is 9. The third-order valence-electron chi connectivity index (χ3n) is 3.37. The lowest BCUT2D eigenvalue weighted by molar-refractivity contribution is -0.130. The Hall–Kier alpha value is -0.850. The molecule has 0 unspecified atom stereocenters. The predicted octanol–water partition coefficient (Wildman–Crippen LogP) is 0.553. The summed E-state index contributed by atoms with van der Waals surface area (Å²) in [6.07, 6.45) is 4.75. The number of carbonyl (C=O) groups excluding carboxylic acids is 2. The van der Waals surface area contributed by atoms with Gasteiger partial charge in [0, 0.05) is 39.7 Å². The van der Waals surface area contributed by atoms with E-state index < -0.39 is 0 Å². The molecule has 0 spiro atoms. The number of amides is 2. The second-order valence-electron chi connectivity index (χ2n) is 5.06. The Morgan fingerprint density at radius 3 is 2.86 bits per heavy atom. The zero-order chi connectivity index (χ0) is 14.6. The second kappa shape index (κ2) is 12.9. The molecule has 0 atom stereocenters. The molecular formula is C14H28ClN3O3. The summed E-state index contributed by atoms with van der Waals surface area (Å²) in [6.45, 7) is 3.82. The molecule has 0 aromatic carbocycles. The van der Waals surface area contributed by atoms with E-state index in [-0.39, 0.29) is 24.2 Å². The Labute approximate surface area is 133 Å². The molecule has 2 amide bonds. The SMILES string of the molecule is COCCNCC(=O)NCCCN1CCCCCC1=O.Cl. The Morgan fingerprint density at radius 2 is 2.10 bits per heavy atom. The number of nitrogens with zero attached hydrogens (tertiary/aromatic N) is 1. The molecule has 1 fully saturated rings. The Morgan fingerprint density at radius 1 is 1.29 bits per heavy atom. The topological polar surface area (TPSA) is 70.7 Å². The van der Waals surface area contributed by atoms with Gasteiger partial charge in [0.25, 0.3) is 0 Å². The summed E-state index contributed by atoms with van der Waals surface area (Å²) in [5.41, 5.74) is 0. The molecule has 0 aromatic rings. The van der Waals surface area contributed by atoms with Gasteiger partial charge in [0.15, 0.2) is 0 Å². The maximum absolute atomic E-state index is 11.8. The summed E-state index contributed by atoms with van der Waals surface area (Å²) >= 11 is 0. The first kappa shape index (κ1) is 20.1. The number of ether oxygens (including phenoxy) is 1. The van der Waals surface area contributed by atoms with Crippen LogP contribution in [0.2, 0.25) is 0 Å². The van der Waals surface area contributed by atoms with Crippen molar-refractivity contribution in [3.8, 4) is 0 Å². The van der Waals surface area contributed by atoms with Crippen LogP contribution in [0.3, 0.4) is 0 Å². The monoisotopic (exact) mass is 321 g/mol. The Kier molecular flexibility index (Phi) is 12.3. The number of nitrogens with one attached hydrogen (secondary N) is 2. The number of carbonyl (C=O) groups is 2. The van der Waals surface area contributed by atoms with Crippen molar-refractivity contribution in [2.24, 2.45) is 0 Å². The summed E-state index contributed by atoms with van der Waals surface area (Å²) in [4.78, 5) is 25.2. The van der Waals surface area contributed by atoms with Gasteiger partial charge in [0.1, 0.15) is 0 Å². The minimum absolute atomic E-state index is 0. The van der Waals surface area contributed by atoms with Gasteiger partial charge in [0.2, 0.25) is 11.8 Å². The van der Waals surface area contributed by atoms with E-state index in [1.165, 1.54) is 0 Å². The zero-order valence-corrected chi connectivity index (χ0v) is 13.7. The van der Waals surface area contributed by atoms with Gasteiger partial charge in [-0.15, -0.1) is 12.4 Å². The Bertz CT molecular complexity index is 303. The smallest absolute Gasteiger partial charge is 0.233 e. The fourth-order valence-corrected chi connectivity index (χ4v) is 2.21. The number of likely N-dealkylation sites (tertiary alicyclic amines) is 1. The first-order valence-electron chi connectivity index (χ1n) is 7.48. The molecule has 1 saturated heterocycles. The van der Waals surface area contributed by atoms with Crippen molar-refractivity contribution >= 4 is 24.2 Å². The standard InChI is InChI=1S/C14H27N3O3.ClH/c1-20-11-8-15-12-13(18)16-7-5-10-17-9-4-2-3-6-14(17)19;/h15H,2-12H2,1H3,(H,16,18);1H. The highest BCUT2D eigenvalue weighted by molar-refractivity contribution is 5.85. The van der Waals surface area contributed by atoms with Gasteiger partial charge in [0.05, 0.1) is 13.2 Å². The molecular weight excluding hydrogens is 294 g/mol. The molecule has 1 aliphatic heterocycles. The van der Waals surface area contributed by atoms with Crippen LogP contribution in [0.25, 0.3) is 0 Å². The van der Waals surface area contributed by atoms with E-state index in [0.29, 0.717) is 32.7 Å². The van der Waals surface area contributed by atoms with Crippen LogP contribution in [0.15, 0.2) is 0 Å². The Balaban J connectivity index is 0.00000400. The van der Waals surface area contributed by atoms with Crippen molar-refractivity contribution in [1.29, 1.82) is 0 Å². The van der Waals surface area contributed by atoms with E-state index in [1.807, 2.05) is 4.90 Å². The van der Waals surface area contributed by atoms with E-state index in [0.717, 1.165) is 38.8 Å². The van der Waals surface area contributed by atoms with Gasteiger partial charge in [-0.3, -0.25) is 9.59 Å². The minimum Gasteiger partial charge on any atom is -0.383 e. The molecule has 124 valence electrons. The lowest BCUT2D eigenvalue weighted by Crippen LogP contribution is -2.37. The van der Waals surface area contributed by atoms with Crippen LogP contribution in [0.5, 0.6) is 0 Å². The molecule has 2 N–H and O–H groups in total. The molecule has 1 rings (SSSR count). The fraction of sp³-hybridized carbons (Fsp3) is 0.857. The summed E-state index contributed by atoms with van der Waals surface area (Å²) in [7, 11) is 1.63. The van der Waals surface area contributed by atoms with Crippen LogP contribution in [0.4, 0.5) is 0 Å². The largest absolute Gasteiger partial charge is 0.383 e. The molecule has 0 saturated carbocycles. The van der Waals surface area contributed by atoms with Gasteiger partial charge in [-0.1, -0.05) is 6.42 Å². The van der Waals surface area contributed by atoms with Crippen LogP contribution in [-0.4, -0.2) is 63.2 Å². The highest BCUT2D eigenvalue weighted by Gasteiger charge is 2.15. The van der Waals surface area contributed by atoms with Crippen molar-refractivity contribution in [1.82, 2.24) is 15.5 Å². The highest BCUT2D eigenvalue weighted by Crippen LogP contribution is 2.10. The van der Waals surface area contributed by atoms with Gasteiger partial charge in [-0.05, 0) is 19.3 Å². The maximum atomic E-state index is 11.8. The molecule has 0 aliphatic carbocycles. The second-order valence-corrected chi connectivity index (χ2v) is 5.06. The van der Waals surface area contributed by atoms with Crippen molar-refractivity contribution in [2.45, 2.75) is 32.1 Å². The van der Waals surface area contributed by atoms with Crippen LogP contribution in [0.1, 0.15) is 32.1 Å².